The summed E-state index contributed by atoms with van der Waals surface area (Å²) in [5.74, 6) is -0.297. The standard InChI is InChI=1S/C41H45ClN4O9/c1-27-31(7-4-9-34(27)30-6-3-8-33(17-30)53-15-5-12-46-13-10-41(51,11-14-46)40(50)52-2)26-55-38-19-37(54-25-29-16-28(20-43)21-44-22-29)32(18-35(38)42)23-45-36(24-47)39(48)49/h3-4,6-9,16-19,21-22,36,45,47,51H,5,10-15,23-26H2,1-2H3,(H,48,49)/t36-/m1/s1. The predicted molar refractivity (Wildman–Crippen MR) is 204 cm³/mol. The number of likely N-dealkylation sites (tertiary alicyclic amines) is 1. The summed E-state index contributed by atoms with van der Waals surface area (Å²) in [4.78, 5) is 29.7. The number of aliphatic hydroxyl groups is 2. The number of benzene rings is 3. The number of aliphatic carboxylic acids is 1. The lowest BCUT2D eigenvalue weighted by molar-refractivity contribution is -0.167. The van der Waals surface area contributed by atoms with Crippen LogP contribution in [0.15, 0.2) is 73.1 Å². The second-order valence-corrected chi connectivity index (χ2v) is 13.7. The molecule has 1 aliphatic rings. The van der Waals surface area contributed by atoms with Crippen molar-refractivity contribution >= 4 is 23.5 Å². The Balaban J connectivity index is 1.23. The zero-order valence-electron chi connectivity index (χ0n) is 30.8. The van der Waals surface area contributed by atoms with Crippen molar-refractivity contribution in [3.8, 4) is 34.4 Å². The number of carboxylic acids is 1. The molecule has 0 unspecified atom stereocenters. The molecule has 4 N–H and O–H groups in total. The second-order valence-electron chi connectivity index (χ2n) is 13.3. The van der Waals surface area contributed by atoms with Crippen molar-refractivity contribution in [2.75, 3.05) is 40.0 Å². The van der Waals surface area contributed by atoms with Crippen molar-refractivity contribution in [2.24, 2.45) is 0 Å². The van der Waals surface area contributed by atoms with Gasteiger partial charge in [-0.25, -0.2) is 4.79 Å². The molecular formula is C41H45ClN4O9. The second kappa shape index (κ2) is 19.4. The maximum Gasteiger partial charge on any atom is 0.337 e. The quantitative estimate of drug-likeness (QED) is 0.0780. The van der Waals surface area contributed by atoms with Crippen LogP contribution in [0.5, 0.6) is 17.2 Å². The normalized spacial score (nSPS) is 14.4. The molecule has 14 heteroatoms. The van der Waals surface area contributed by atoms with Crippen LogP contribution in [0.3, 0.4) is 0 Å². The summed E-state index contributed by atoms with van der Waals surface area (Å²) in [6, 6.07) is 19.7. The fourth-order valence-corrected chi connectivity index (χ4v) is 6.53. The van der Waals surface area contributed by atoms with Crippen molar-refractivity contribution in [3.63, 3.8) is 0 Å². The molecule has 1 aromatic heterocycles. The molecule has 4 aromatic rings. The first kappa shape index (κ1) is 40.9. The Morgan fingerprint density at radius 1 is 1.02 bits per heavy atom. The van der Waals surface area contributed by atoms with Gasteiger partial charge in [-0.05, 0) is 72.7 Å². The van der Waals surface area contributed by atoms with Gasteiger partial charge < -0.3 is 39.2 Å². The molecule has 1 saturated heterocycles. The van der Waals surface area contributed by atoms with E-state index in [1.165, 1.54) is 13.3 Å². The summed E-state index contributed by atoms with van der Waals surface area (Å²) in [5, 5.41) is 41.7. The lowest BCUT2D eigenvalue weighted by Crippen LogP contribution is -2.50. The molecule has 0 saturated carbocycles. The van der Waals surface area contributed by atoms with E-state index >= 15 is 0 Å². The van der Waals surface area contributed by atoms with E-state index in [0.29, 0.717) is 60.7 Å². The van der Waals surface area contributed by atoms with E-state index in [4.69, 9.17) is 30.5 Å². The van der Waals surface area contributed by atoms with Crippen LogP contribution >= 0.6 is 11.6 Å². The molecule has 1 aliphatic heterocycles. The number of aromatic nitrogens is 1. The number of carbonyl (C=O) groups is 2. The summed E-state index contributed by atoms with van der Waals surface area (Å²) in [5.41, 5.74) is 4.13. The number of hydrogen-bond donors (Lipinski definition) is 4. The number of rotatable bonds is 18. The first-order valence-electron chi connectivity index (χ1n) is 17.9. The Labute approximate surface area is 325 Å². The Morgan fingerprint density at radius 2 is 1.78 bits per heavy atom. The van der Waals surface area contributed by atoms with Crippen LogP contribution in [0, 0.1) is 18.3 Å². The van der Waals surface area contributed by atoms with Gasteiger partial charge >= 0.3 is 11.9 Å². The van der Waals surface area contributed by atoms with Gasteiger partial charge in [0.2, 0.25) is 0 Å². The van der Waals surface area contributed by atoms with Crippen LogP contribution in [-0.2, 0) is 34.1 Å². The largest absolute Gasteiger partial charge is 0.494 e. The zero-order chi connectivity index (χ0) is 39.4. The minimum Gasteiger partial charge on any atom is -0.494 e. The molecule has 1 fully saturated rings. The van der Waals surface area contributed by atoms with Gasteiger partial charge in [0.05, 0.1) is 30.9 Å². The smallest absolute Gasteiger partial charge is 0.337 e. The summed E-state index contributed by atoms with van der Waals surface area (Å²) in [7, 11) is 1.29. The maximum absolute atomic E-state index is 11.9. The minimum atomic E-state index is -1.40. The highest BCUT2D eigenvalue weighted by Crippen LogP contribution is 2.35. The summed E-state index contributed by atoms with van der Waals surface area (Å²) in [6.07, 6.45) is 4.52. The molecule has 1 atom stereocenters. The number of carbonyl (C=O) groups excluding carboxylic acids is 1. The number of nitriles is 1. The molecule has 5 rings (SSSR count). The molecule has 55 heavy (non-hydrogen) atoms. The Hall–Kier alpha value is -5.23. The monoisotopic (exact) mass is 772 g/mol. The van der Waals surface area contributed by atoms with Crippen LogP contribution in [-0.4, -0.2) is 88.7 Å². The topological polar surface area (TPSA) is 184 Å². The van der Waals surface area contributed by atoms with E-state index in [-0.39, 0.29) is 24.8 Å². The van der Waals surface area contributed by atoms with Crippen LogP contribution in [0.1, 0.15) is 47.1 Å². The van der Waals surface area contributed by atoms with Crippen molar-refractivity contribution in [1.82, 2.24) is 15.2 Å². The average molecular weight is 773 g/mol. The summed E-state index contributed by atoms with van der Waals surface area (Å²) >= 11 is 6.68. The van der Waals surface area contributed by atoms with Crippen molar-refractivity contribution in [1.29, 1.82) is 5.26 Å². The van der Waals surface area contributed by atoms with Crippen molar-refractivity contribution in [2.45, 2.75) is 57.6 Å². The third-order valence-electron chi connectivity index (χ3n) is 9.56. The minimum absolute atomic E-state index is 0.0371. The highest BCUT2D eigenvalue weighted by molar-refractivity contribution is 6.32. The molecule has 0 radical (unpaired) electrons. The third-order valence-corrected chi connectivity index (χ3v) is 9.86. The number of nitrogens with zero attached hydrogens (tertiary/aromatic N) is 3. The SMILES string of the molecule is COC(=O)C1(O)CCN(CCCOc2cccc(-c3cccc(COc4cc(OCc5cncc(C#N)c5)c(CN[C@H](CO)C(=O)O)cc4Cl)c3C)c2)CC1. The van der Waals surface area contributed by atoms with E-state index in [1.807, 2.05) is 49.4 Å². The van der Waals surface area contributed by atoms with Gasteiger partial charge in [-0.15, -0.1) is 0 Å². The number of hydrogen-bond acceptors (Lipinski definition) is 12. The van der Waals surface area contributed by atoms with Gasteiger partial charge in [0, 0.05) is 55.8 Å². The highest BCUT2D eigenvalue weighted by atomic mass is 35.5. The van der Waals surface area contributed by atoms with Crippen LogP contribution in [0.25, 0.3) is 11.1 Å². The number of pyridine rings is 1. The average Bonchev–Trinajstić information content (AvgIpc) is 3.19. The van der Waals surface area contributed by atoms with Gasteiger partial charge in [0.25, 0.3) is 0 Å². The molecule has 0 bridgehead atoms. The van der Waals surface area contributed by atoms with E-state index in [9.17, 15) is 30.2 Å². The van der Waals surface area contributed by atoms with Crippen molar-refractivity contribution < 1.29 is 43.9 Å². The van der Waals surface area contributed by atoms with Gasteiger partial charge in [-0.2, -0.15) is 5.26 Å². The Kier molecular flexibility index (Phi) is 14.4. The van der Waals surface area contributed by atoms with E-state index in [0.717, 1.165) is 41.0 Å². The molecule has 3 aromatic carbocycles. The van der Waals surface area contributed by atoms with Crippen molar-refractivity contribution in [3.05, 3.63) is 106 Å². The number of carboxylic acid groups (broad SMARTS) is 1. The third kappa shape index (κ3) is 10.9. The summed E-state index contributed by atoms with van der Waals surface area (Å²) in [6.45, 7) is 4.26. The molecule has 0 spiro atoms. The number of ether oxygens (including phenoxy) is 4. The zero-order valence-corrected chi connectivity index (χ0v) is 31.6. The summed E-state index contributed by atoms with van der Waals surface area (Å²) < 4.78 is 23.2. The van der Waals surface area contributed by atoms with Crippen LogP contribution in [0.4, 0.5) is 0 Å². The number of piperidine rings is 1. The Morgan fingerprint density at radius 3 is 2.51 bits per heavy atom. The lowest BCUT2D eigenvalue weighted by Gasteiger charge is -2.36. The molecule has 13 nitrogen and oxygen atoms in total. The fourth-order valence-electron chi connectivity index (χ4n) is 6.29. The van der Waals surface area contributed by atoms with Gasteiger partial charge in [0.1, 0.15) is 42.6 Å². The fraction of sp³-hybridized carbons (Fsp3) is 0.366. The lowest BCUT2D eigenvalue weighted by atomic mass is 9.91. The number of halogens is 1. The van der Waals surface area contributed by atoms with Gasteiger partial charge in [0.15, 0.2) is 5.60 Å². The maximum atomic E-state index is 11.9. The number of esters is 1. The first-order chi connectivity index (χ1) is 26.5. The van der Waals surface area contributed by atoms with Gasteiger partial charge in [-0.1, -0.05) is 41.9 Å². The molecule has 290 valence electrons. The number of methoxy groups -OCH3 is 1. The van der Waals surface area contributed by atoms with E-state index < -0.39 is 30.2 Å². The Bertz CT molecular complexity index is 2000. The predicted octanol–water partition coefficient (Wildman–Crippen LogP) is 5.04. The molecular weight excluding hydrogens is 728 g/mol. The van der Waals surface area contributed by atoms with Crippen LogP contribution in [0.2, 0.25) is 5.02 Å². The number of aliphatic hydroxyl groups excluding tert-OH is 1. The molecule has 0 aliphatic carbocycles. The van der Waals surface area contributed by atoms with Gasteiger partial charge in [-0.3, -0.25) is 15.1 Å². The number of nitrogens with one attached hydrogen (secondary N) is 1. The van der Waals surface area contributed by atoms with Crippen LogP contribution < -0.4 is 19.5 Å². The molecule has 2 heterocycles. The van der Waals surface area contributed by atoms with E-state index in [1.54, 1.807) is 24.4 Å². The first-order valence-corrected chi connectivity index (χ1v) is 18.2. The molecule has 0 amide bonds. The highest BCUT2D eigenvalue weighted by Gasteiger charge is 2.40. The van der Waals surface area contributed by atoms with E-state index in [2.05, 4.69) is 21.3 Å².